The van der Waals surface area contributed by atoms with Gasteiger partial charge in [-0.15, -0.1) is 0 Å². The van der Waals surface area contributed by atoms with Crippen molar-refractivity contribution < 1.29 is 28.6 Å². The fraction of sp³-hybridized carbons (Fsp3) is 0.689. The Labute approximate surface area is 413 Å². The molecule has 0 bridgehead atoms. The van der Waals surface area contributed by atoms with Crippen LogP contribution in [0.25, 0.3) is 0 Å². The van der Waals surface area contributed by atoms with E-state index in [1.807, 2.05) is 0 Å². The van der Waals surface area contributed by atoms with Crippen molar-refractivity contribution in [1.82, 2.24) is 0 Å². The minimum absolute atomic E-state index is 0.103. The molecule has 0 radical (unpaired) electrons. The van der Waals surface area contributed by atoms with Gasteiger partial charge in [0.2, 0.25) is 0 Å². The largest absolute Gasteiger partial charge is 0.462 e. The molecule has 0 aliphatic carbocycles. The average molecular weight is 931 g/mol. The highest BCUT2D eigenvalue weighted by Crippen LogP contribution is 2.14. The first-order valence-corrected chi connectivity index (χ1v) is 27.7. The summed E-state index contributed by atoms with van der Waals surface area (Å²) in [4.78, 5) is 38.1. The minimum atomic E-state index is -0.809. The molecule has 382 valence electrons. The Morgan fingerprint density at radius 1 is 0.313 bits per heavy atom. The number of carbonyl (C=O) groups is 3. The molecule has 0 aromatic carbocycles. The van der Waals surface area contributed by atoms with E-state index in [0.29, 0.717) is 19.3 Å². The first-order chi connectivity index (χ1) is 33.0. The summed E-state index contributed by atoms with van der Waals surface area (Å²) >= 11 is 0. The predicted molar refractivity (Wildman–Crippen MR) is 288 cm³/mol. The van der Waals surface area contributed by atoms with Gasteiger partial charge in [0.1, 0.15) is 13.2 Å². The van der Waals surface area contributed by atoms with Crippen molar-refractivity contribution in [2.75, 3.05) is 13.2 Å². The monoisotopic (exact) mass is 931 g/mol. The molecule has 6 nitrogen and oxygen atoms in total. The number of allylic oxidation sites excluding steroid dienone is 16. The van der Waals surface area contributed by atoms with Gasteiger partial charge in [0.05, 0.1) is 0 Å². The van der Waals surface area contributed by atoms with E-state index in [2.05, 4.69) is 118 Å². The van der Waals surface area contributed by atoms with Gasteiger partial charge < -0.3 is 14.2 Å². The highest BCUT2D eigenvalue weighted by Gasteiger charge is 2.19. The molecule has 0 N–H and O–H groups in total. The molecule has 0 aliphatic rings. The van der Waals surface area contributed by atoms with Gasteiger partial charge in [-0.3, -0.25) is 14.4 Å². The van der Waals surface area contributed by atoms with Gasteiger partial charge in [-0.2, -0.15) is 0 Å². The maximum absolute atomic E-state index is 12.8. The lowest BCUT2D eigenvalue weighted by Gasteiger charge is -2.18. The molecule has 67 heavy (non-hydrogen) atoms. The molecule has 0 spiro atoms. The molecule has 0 saturated heterocycles. The standard InChI is InChI=1S/C61H102O6/c1-4-7-10-13-16-19-22-25-28-29-30-31-34-36-39-42-45-48-51-54-60(63)66-57-58(67-61(64)55-52-49-46-43-40-37-33-27-24-21-18-15-12-9-6-3)56-65-59(62)53-50-47-44-41-38-35-32-26-23-20-17-14-11-8-5-2/h8-9,11-12,17-18,20-21,26-27,29-30,32-33,40,43,58H,4-7,10,13-16,19,22-25,28,31,34-39,41-42,44-57H2,1-3H3/b11-8-,12-9-,20-17-,21-18-,30-29-,32-26-,33-27-,43-40-/t58-/m1/s1. The van der Waals surface area contributed by atoms with Crippen LogP contribution >= 0.6 is 0 Å². The lowest BCUT2D eigenvalue weighted by molar-refractivity contribution is -0.167. The quantitative estimate of drug-likeness (QED) is 0.0262. The Bertz CT molecular complexity index is 1350. The van der Waals surface area contributed by atoms with Crippen molar-refractivity contribution in [2.24, 2.45) is 0 Å². The number of ether oxygens (including phenoxy) is 3. The normalized spacial score (nSPS) is 12.8. The second kappa shape index (κ2) is 54.9. The van der Waals surface area contributed by atoms with Crippen LogP contribution in [0.1, 0.15) is 252 Å². The molecule has 6 heteroatoms. The van der Waals surface area contributed by atoms with Gasteiger partial charge in [-0.1, -0.05) is 214 Å². The Balaban J connectivity index is 4.46. The van der Waals surface area contributed by atoms with Gasteiger partial charge in [-0.05, 0) is 116 Å². The summed E-state index contributed by atoms with van der Waals surface area (Å²) in [5.74, 6) is -0.966. The lowest BCUT2D eigenvalue weighted by atomic mass is 10.1. The van der Waals surface area contributed by atoms with Crippen LogP contribution < -0.4 is 0 Å². The molecular weight excluding hydrogens is 829 g/mol. The first-order valence-electron chi connectivity index (χ1n) is 27.7. The summed E-state index contributed by atoms with van der Waals surface area (Å²) in [7, 11) is 0. The van der Waals surface area contributed by atoms with Crippen LogP contribution in [0.3, 0.4) is 0 Å². The van der Waals surface area contributed by atoms with Crippen molar-refractivity contribution in [1.29, 1.82) is 0 Å². The zero-order chi connectivity index (χ0) is 48.6. The van der Waals surface area contributed by atoms with Crippen LogP contribution in [0.2, 0.25) is 0 Å². The Morgan fingerprint density at radius 2 is 0.582 bits per heavy atom. The minimum Gasteiger partial charge on any atom is -0.462 e. The smallest absolute Gasteiger partial charge is 0.306 e. The fourth-order valence-electron chi connectivity index (χ4n) is 7.44. The van der Waals surface area contributed by atoms with Crippen LogP contribution in [0.15, 0.2) is 97.2 Å². The molecule has 0 aromatic rings. The van der Waals surface area contributed by atoms with E-state index in [1.54, 1.807) is 0 Å². The molecule has 0 fully saturated rings. The molecule has 0 aliphatic heterocycles. The molecule has 1 atom stereocenters. The topological polar surface area (TPSA) is 78.9 Å². The van der Waals surface area contributed by atoms with E-state index in [4.69, 9.17) is 14.2 Å². The maximum Gasteiger partial charge on any atom is 0.306 e. The zero-order valence-electron chi connectivity index (χ0n) is 43.6. The highest BCUT2D eigenvalue weighted by atomic mass is 16.6. The Kier molecular flexibility index (Phi) is 51.9. The second-order valence-electron chi connectivity index (χ2n) is 18.1. The SMILES string of the molecule is CC/C=C\C/C=C\C/C=C\C/C=C\CCCCC(=O)O[C@H](COC(=O)CCCCCCC/C=C\C/C=C\C/C=C\CC)COC(=O)CCCCCCCCC/C=C\CCCCCCCCCC. The number of hydrogen-bond donors (Lipinski definition) is 0. The van der Waals surface area contributed by atoms with E-state index >= 15 is 0 Å². The van der Waals surface area contributed by atoms with Gasteiger partial charge in [0.15, 0.2) is 6.10 Å². The second-order valence-corrected chi connectivity index (χ2v) is 18.1. The van der Waals surface area contributed by atoms with Crippen LogP contribution in [-0.2, 0) is 28.6 Å². The van der Waals surface area contributed by atoms with Crippen LogP contribution in [0, 0.1) is 0 Å². The molecule has 0 rings (SSSR count). The lowest BCUT2D eigenvalue weighted by Crippen LogP contribution is -2.30. The number of hydrogen-bond acceptors (Lipinski definition) is 6. The van der Waals surface area contributed by atoms with E-state index in [1.165, 1.54) is 89.9 Å². The number of rotatable bonds is 49. The predicted octanol–water partition coefficient (Wildman–Crippen LogP) is 18.5. The number of esters is 3. The van der Waals surface area contributed by atoms with Crippen LogP contribution in [-0.4, -0.2) is 37.2 Å². The summed E-state index contributed by atoms with van der Waals surface area (Å²) in [6, 6.07) is 0. The molecule has 0 aromatic heterocycles. The number of unbranched alkanes of at least 4 members (excludes halogenated alkanes) is 22. The fourth-order valence-corrected chi connectivity index (χ4v) is 7.44. The molecule has 0 heterocycles. The summed E-state index contributed by atoms with van der Waals surface area (Å²) in [5, 5.41) is 0. The van der Waals surface area contributed by atoms with Crippen molar-refractivity contribution in [3.8, 4) is 0 Å². The van der Waals surface area contributed by atoms with Gasteiger partial charge in [0, 0.05) is 19.3 Å². The summed E-state index contributed by atoms with van der Waals surface area (Å²) in [6.07, 6.45) is 72.6. The Hall–Kier alpha value is -3.67. The van der Waals surface area contributed by atoms with Gasteiger partial charge in [0.25, 0.3) is 0 Å². The van der Waals surface area contributed by atoms with Crippen molar-refractivity contribution >= 4 is 17.9 Å². The third-order valence-corrected chi connectivity index (χ3v) is 11.6. The van der Waals surface area contributed by atoms with Crippen molar-refractivity contribution in [3.05, 3.63) is 97.2 Å². The van der Waals surface area contributed by atoms with Crippen LogP contribution in [0.4, 0.5) is 0 Å². The third kappa shape index (κ3) is 53.2. The van der Waals surface area contributed by atoms with E-state index in [-0.39, 0.29) is 37.5 Å². The van der Waals surface area contributed by atoms with Crippen LogP contribution in [0.5, 0.6) is 0 Å². The third-order valence-electron chi connectivity index (χ3n) is 11.6. The van der Waals surface area contributed by atoms with E-state index in [9.17, 15) is 14.4 Å². The molecule has 0 saturated carbocycles. The van der Waals surface area contributed by atoms with E-state index < -0.39 is 6.10 Å². The Morgan fingerprint density at radius 3 is 0.955 bits per heavy atom. The summed E-state index contributed by atoms with van der Waals surface area (Å²) in [6.45, 7) is 6.36. The average Bonchev–Trinajstić information content (AvgIpc) is 3.33. The molecule has 0 unspecified atom stereocenters. The molecule has 0 amide bonds. The summed E-state index contributed by atoms with van der Waals surface area (Å²) in [5.41, 5.74) is 0. The first kappa shape index (κ1) is 63.3. The van der Waals surface area contributed by atoms with Crippen molar-refractivity contribution in [3.63, 3.8) is 0 Å². The van der Waals surface area contributed by atoms with Crippen molar-refractivity contribution in [2.45, 2.75) is 258 Å². The highest BCUT2D eigenvalue weighted by molar-refractivity contribution is 5.71. The van der Waals surface area contributed by atoms with Gasteiger partial charge >= 0.3 is 17.9 Å². The van der Waals surface area contributed by atoms with Gasteiger partial charge in [-0.25, -0.2) is 0 Å². The van der Waals surface area contributed by atoms with E-state index in [0.717, 1.165) is 116 Å². The zero-order valence-corrected chi connectivity index (χ0v) is 43.6. The molecular formula is C61H102O6. The number of carbonyl (C=O) groups excluding carboxylic acids is 3. The summed E-state index contributed by atoms with van der Waals surface area (Å²) < 4.78 is 16.8. The maximum atomic E-state index is 12.8.